The SMILES string of the molecule is NC(=O)COCCOCNC=O. The molecule has 0 bridgehead atoms. The van der Waals surface area contributed by atoms with Gasteiger partial charge in [-0.3, -0.25) is 9.59 Å². The number of nitrogens with two attached hydrogens (primary N) is 1. The van der Waals surface area contributed by atoms with E-state index in [-0.39, 0.29) is 19.9 Å². The summed E-state index contributed by atoms with van der Waals surface area (Å²) in [6.45, 7) is 0.630. The monoisotopic (exact) mass is 176 g/mol. The van der Waals surface area contributed by atoms with E-state index >= 15 is 0 Å². The predicted octanol–water partition coefficient (Wildman–Crippen LogP) is -1.79. The lowest BCUT2D eigenvalue weighted by molar-refractivity contribution is -0.123. The molecule has 0 saturated carbocycles. The van der Waals surface area contributed by atoms with Gasteiger partial charge < -0.3 is 20.5 Å². The lowest BCUT2D eigenvalue weighted by atomic mass is 10.7. The minimum absolute atomic E-state index is 0.107. The van der Waals surface area contributed by atoms with Gasteiger partial charge in [0.1, 0.15) is 13.3 Å². The summed E-state index contributed by atoms with van der Waals surface area (Å²) in [6, 6.07) is 0. The third-order valence-corrected chi connectivity index (χ3v) is 0.885. The van der Waals surface area contributed by atoms with Crippen LogP contribution in [0, 0.1) is 0 Å². The molecule has 6 nitrogen and oxygen atoms in total. The standard InChI is InChI=1S/C6H12N2O4/c7-6(10)3-11-1-2-12-5-8-4-9/h4H,1-3,5H2,(H2,7,10)(H,8,9). The van der Waals surface area contributed by atoms with Gasteiger partial charge in [0.15, 0.2) is 0 Å². The van der Waals surface area contributed by atoms with Gasteiger partial charge >= 0.3 is 0 Å². The van der Waals surface area contributed by atoms with E-state index < -0.39 is 5.91 Å². The average molecular weight is 176 g/mol. The quantitative estimate of drug-likeness (QED) is 0.259. The summed E-state index contributed by atoms with van der Waals surface area (Å²) in [4.78, 5) is 19.8. The second-order valence-electron chi connectivity index (χ2n) is 1.89. The Morgan fingerprint density at radius 2 is 2.08 bits per heavy atom. The van der Waals surface area contributed by atoms with Gasteiger partial charge in [-0.05, 0) is 0 Å². The van der Waals surface area contributed by atoms with E-state index in [4.69, 9.17) is 15.2 Å². The van der Waals surface area contributed by atoms with Crippen LogP contribution in [-0.2, 0) is 19.1 Å². The largest absolute Gasteiger partial charge is 0.369 e. The molecular formula is C6H12N2O4. The number of ether oxygens (including phenoxy) is 2. The molecule has 0 fully saturated rings. The topological polar surface area (TPSA) is 90.7 Å². The fourth-order valence-electron chi connectivity index (χ4n) is 0.456. The van der Waals surface area contributed by atoms with Crippen molar-refractivity contribution in [2.24, 2.45) is 5.73 Å². The van der Waals surface area contributed by atoms with E-state index in [2.05, 4.69) is 5.32 Å². The molecule has 0 aliphatic carbocycles. The highest BCUT2D eigenvalue weighted by Gasteiger charge is 1.92. The van der Waals surface area contributed by atoms with E-state index in [1.54, 1.807) is 0 Å². The van der Waals surface area contributed by atoms with Crippen molar-refractivity contribution in [3.05, 3.63) is 0 Å². The van der Waals surface area contributed by atoms with Crippen molar-refractivity contribution in [2.75, 3.05) is 26.6 Å². The highest BCUT2D eigenvalue weighted by Crippen LogP contribution is 1.75. The molecular weight excluding hydrogens is 164 g/mol. The van der Waals surface area contributed by atoms with Crippen LogP contribution in [0.15, 0.2) is 0 Å². The molecule has 0 spiro atoms. The van der Waals surface area contributed by atoms with Crippen molar-refractivity contribution in [3.8, 4) is 0 Å². The summed E-state index contributed by atoms with van der Waals surface area (Å²) in [5.74, 6) is -0.513. The Morgan fingerprint density at radius 1 is 1.42 bits per heavy atom. The zero-order valence-corrected chi connectivity index (χ0v) is 6.62. The van der Waals surface area contributed by atoms with Crippen LogP contribution >= 0.6 is 0 Å². The molecule has 6 heteroatoms. The Balaban J connectivity index is 2.90. The highest BCUT2D eigenvalue weighted by molar-refractivity contribution is 5.74. The minimum Gasteiger partial charge on any atom is -0.369 e. The van der Waals surface area contributed by atoms with E-state index in [0.717, 1.165) is 0 Å². The van der Waals surface area contributed by atoms with Gasteiger partial charge in [-0.15, -0.1) is 0 Å². The summed E-state index contributed by atoms with van der Waals surface area (Å²) in [5, 5.41) is 2.30. The second-order valence-corrected chi connectivity index (χ2v) is 1.89. The number of amides is 2. The number of hydrogen-bond acceptors (Lipinski definition) is 4. The van der Waals surface area contributed by atoms with Crippen molar-refractivity contribution in [2.45, 2.75) is 0 Å². The molecule has 12 heavy (non-hydrogen) atoms. The first-order chi connectivity index (χ1) is 5.77. The first-order valence-corrected chi connectivity index (χ1v) is 3.38. The smallest absolute Gasteiger partial charge is 0.243 e. The number of carbonyl (C=O) groups is 2. The summed E-state index contributed by atoms with van der Waals surface area (Å²) in [6.07, 6.45) is 0.532. The van der Waals surface area contributed by atoms with Gasteiger partial charge in [0, 0.05) is 0 Å². The molecule has 0 heterocycles. The Bertz CT molecular complexity index is 140. The third-order valence-electron chi connectivity index (χ3n) is 0.885. The molecule has 0 atom stereocenters. The highest BCUT2D eigenvalue weighted by atomic mass is 16.5. The van der Waals surface area contributed by atoms with Gasteiger partial charge in [-0.2, -0.15) is 0 Å². The molecule has 3 N–H and O–H groups in total. The molecule has 0 aromatic rings. The zero-order valence-electron chi connectivity index (χ0n) is 6.62. The second kappa shape index (κ2) is 7.96. The van der Waals surface area contributed by atoms with Crippen LogP contribution < -0.4 is 11.1 Å². The summed E-state index contributed by atoms with van der Waals surface area (Å²) >= 11 is 0. The van der Waals surface area contributed by atoms with E-state index in [1.165, 1.54) is 0 Å². The van der Waals surface area contributed by atoms with Gasteiger partial charge in [-0.25, -0.2) is 0 Å². The van der Waals surface area contributed by atoms with Gasteiger partial charge in [0.05, 0.1) is 13.2 Å². The van der Waals surface area contributed by atoms with Crippen molar-refractivity contribution in [1.82, 2.24) is 5.32 Å². The molecule has 0 aromatic carbocycles. The lowest BCUT2D eigenvalue weighted by Gasteiger charge is -2.02. The van der Waals surface area contributed by atoms with Gasteiger partial charge in [-0.1, -0.05) is 0 Å². The maximum absolute atomic E-state index is 10.1. The van der Waals surface area contributed by atoms with E-state index in [9.17, 15) is 9.59 Å². The normalized spacial score (nSPS) is 9.33. The number of carbonyl (C=O) groups excluding carboxylic acids is 2. The van der Waals surface area contributed by atoms with Crippen LogP contribution in [0.5, 0.6) is 0 Å². The molecule has 0 radical (unpaired) electrons. The minimum atomic E-state index is -0.513. The summed E-state index contributed by atoms with van der Waals surface area (Å²) in [7, 11) is 0. The molecule has 0 aliphatic rings. The zero-order chi connectivity index (χ0) is 9.23. The first-order valence-electron chi connectivity index (χ1n) is 3.38. The Labute approximate surface area is 70.0 Å². The van der Waals surface area contributed by atoms with Crippen LogP contribution in [0.1, 0.15) is 0 Å². The number of primary amides is 1. The van der Waals surface area contributed by atoms with E-state index in [0.29, 0.717) is 13.0 Å². The third kappa shape index (κ3) is 8.86. The fraction of sp³-hybridized carbons (Fsp3) is 0.667. The number of nitrogens with one attached hydrogen (secondary N) is 1. The molecule has 2 amide bonds. The molecule has 0 aromatic heterocycles. The number of rotatable bonds is 8. The Morgan fingerprint density at radius 3 is 2.67 bits per heavy atom. The van der Waals surface area contributed by atoms with E-state index in [1.807, 2.05) is 0 Å². The predicted molar refractivity (Wildman–Crippen MR) is 40.0 cm³/mol. The van der Waals surface area contributed by atoms with Crippen LogP contribution in [0.4, 0.5) is 0 Å². The fourth-order valence-corrected chi connectivity index (χ4v) is 0.456. The molecule has 0 saturated heterocycles. The van der Waals surface area contributed by atoms with Gasteiger partial charge in [0.25, 0.3) is 0 Å². The van der Waals surface area contributed by atoms with Crippen LogP contribution in [-0.4, -0.2) is 38.9 Å². The molecule has 70 valence electrons. The van der Waals surface area contributed by atoms with Crippen molar-refractivity contribution >= 4 is 12.3 Å². The van der Waals surface area contributed by atoms with Crippen LogP contribution in [0.25, 0.3) is 0 Å². The molecule has 0 unspecified atom stereocenters. The van der Waals surface area contributed by atoms with Crippen molar-refractivity contribution in [1.29, 1.82) is 0 Å². The van der Waals surface area contributed by atoms with Crippen molar-refractivity contribution < 1.29 is 19.1 Å². The maximum Gasteiger partial charge on any atom is 0.243 e. The Hall–Kier alpha value is -1.14. The molecule has 0 aliphatic heterocycles. The van der Waals surface area contributed by atoms with Crippen molar-refractivity contribution in [3.63, 3.8) is 0 Å². The first kappa shape index (κ1) is 10.9. The maximum atomic E-state index is 10.1. The van der Waals surface area contributed by atoms with Crippen LogP contribution in [0.2, 0.25) is 0 Å². The lowest BCUT2D eigenvalue weighted by Crippen LogP contribution is -2.21. The number of hydrogen-bond donors (Lipinski definition) is 2. The summed E-state index contributed by atoms with van der Waals surface area (Å²) in [5.41, 5.74) is 4.79. The average Bonchev–Trinajstić information content (AvgIpc) is 2.02. The summed E-state index contributed by atoms with van der Waals surface area (Å²) < 4.78 is 9.60. The van der Waals surface area contributed by atoms with Gasteiger partial charge in [0.2, 0.25) is 12.3 Å². The van der Waals surface area contributed by atoms with Crippen LogP contribution in [0.3, 0.4) is 0 Å². The molecule has 0 rings (SSSR count). The Kier molecular flexibility index (Phi) is 7.21.